The van der Waals surface area contributed by atoms with Gasteiger partial charge in [0.2, 0.25) is 0 Å². The summed E-state index contributed by atoms with van der Waals surface area (Å²) >= 11 is 0. The molecule has 0 atom stereocenters. The third-order valence-corrected chi connectivity index (χ3v) is 2.40. The van der Waals surface area contributed by atoms with Crippen LogP contribution in [0, 0.1) is 12.3 Å². The smallest absolute Gasteiger partial charge is 0.118 e. The molecule has 2 heteroatoms. The van der Waals surface area contributed by atoms with Crippen molar-refractivity contribution in [2.45, 2.75) is 34.1 Å². The molecule has 0 aliphatic carbocycles. The highest BCUT2D eigenvalue weighted by molar-refractivity contribution is 5.50. The maximum atomic E-state index is 9.37. The van der Waals surface area contributed by atoms with Gasteiger partial charge < -0.3 is 10.4 Å². The van der Waals surface area contributed by atoms with E-state index in [4.69, 9.17) is 0 Å². The molecule has 0 heterocycles. The number of phenols is 1. The minimum Gasteiger partial charge on any atom is -0.508 e. The first kappa shape index (κ1) is 11.9. The molecule has 2 N–H and O–H groups in total. The van der Waals surface area contributed by atoms with Crippen molar-refractivity contribution in [1.29, 1.82) is 0 Å². The Labute approximate surface area is 92.3 Å². The molecule has 0 amide bonds. The summed E-state index contributed by atoms with van der Waals surface area (Å²) < 4.78 is 0. The second-order valence-electron chi connectivity index (χ2n) is 5.24. The van der Waals surface area contributed by atoms with Crippen molar-refractivity contribution >= 4 is 5.69 Å². The topological polar surface area (TPSA) is 32.3 Å². The van der Waals surface area contributed by atoms with Crippen LogP contribution in [0.15, 0.2) is 18.2 Å². The quantitative estimate of drug-likeness (QED) is 0.743. The van der Waals surface area contributed by atoms with Gasteiger partial charge in [0.1, 0.15) is 5.75 Å². The number of anilines is 1. The normalized spacial score (nSPS) is 11.5. The Bertz CT molecular complexity index is 326. The molecule has 0 aliphatic heterocycles. The van der Waals surface area contributed by atoms with Gasteiger partial charge in [0.25, 0.3) is 0 Å². The minimum absolute atomic E-state index is 0.358. The lowest BCUT2D eigenvalue weighted by Gasteiger charge is -2.18. The zero-order valence-electron chi connectivity index (χ0n) is 10.1. The van der Waals surface area contributed by atoms with E-state index in [1.165, 1.54) is 0 Å². The molecule has 0 aromatic heterocycles. The van der Waals surface area contributed by atoms with Crippen molar-refractivity contribution in [2.24, 2.45) is 5.41 Å². The second-order valence-corrected chi connectivity index (χ2v) is 5.24. The summed E-state index contributed by atoms with van der Waals surface area (Å²) in [5, 5.41) is 12.7. The van der Waals surface area contributed by atoms with Crippen LogP contribution in [0.2, 0.25) is 0 Å². The Balaban J connectivity index is 2.48. The van der Waals surface area contributed by atoms with Gasteiger partial charge >= 0.3 is 0 Å². The standard InChI is InChI=1S/C13H21NO/c1-10-9-11(5-6-12(10)15)14-8-7-13(2,3)4/h5-6,9,14-15H,7-8H2,1-4H3. The maximum Gasteiger partial charge on any atom is 0.118 e. The van der Waals surface area contributed by atoms with E-state index in [9.17, 15) is 5.11 Å². The molecule has 0 bridgehead atoms. The lowest BCUT2D eigenvalue weighted by molar-refractivity contribution is 0.390. The summed E-state index contributed by atoms with van der Waals surface area (Å²) in [6.07, 6.45) is 1.13. The summed E-state index contributed by atoms with van der Waals surface area (Å²) in [5.41, 5.74) is 2.35. The van der Waals surface area contributed by atoms with Gasteiger partial charge in [-0.1, -0.05) is 20.8 Å². The number of nitrogens with one attached hydrogen (secondary N) is 1. The monoisotopic (exact) mass is 207 g/mol. The van der Waals surface area contributed by atoms with Gasteiger partial charge in [-0.05, 0) is 42.5 Å². The highest BCUT2D eigenvalue weighted by atomic mass is 16.3. The third-order valence-electron chi connectivity index (χ3n) is 2.40. The van der Waals surface area contributed by atoms with Crippen LogP contribution >= 0.6 is 0 Å². The molecule has 0 aliphatic rings. The molecule has 0 spiro atoms. The van der Waals surface area contributed by atoms with Crippen LogP contribution in [0.3, 0.4) is 0 Å². The van der Waals surface area contributed by atoms with Gasteiger partial charge in [0, 0.05) is 12.2 Å². The molecule has 1 aromatic rings. The summed E-state index contributed by atoms with van der Waals surface area (Å²) in [6.45, 7) is 9.57. The van der Waals surface area contributed by atoms with Crippen molar-refractivity contribution in [2.75, 3.05) is 11.9 Å². The van der Waals surface area contributed by atoms with Crippen molar-refractivity contribution in [3.8, 4) is 5.75 Å². The predicted molar refractivity (Wildman–Crippen MR) is 65.4 cm³/mol. The molecule has 0 saturated heterocycles. The van der Waals surface area contributed by atoms with Crippen molar-refractivity contribution < 1.29 is 5.11 Å². The summed E-state index contributed by atoms with van der Waals surface area (Å²) in [6, 6.07) is 5.61. The van der Waals surface area contributed by atoms with Gasteiger partial charge in [-0.25, -0.2) is 0 Å². The van der Waals surface area contributed by atoms with Crippen LogP contribution in [-0.4, -0.2) is 11.7 Å². The Morgan fingerprint density at radius 2 is 1.93 bits per heavy atom. The van der Waals surface area contributed by atoms with E-state index in [-0.39, 0.29) is 0 Å². The van der Waals surface area contributed by atoms with E-state index in [0.29, 0.717) is 11.2 Å². The highest BCUT2D eigenvalue weighted by Gasteiger charge is 2.08. The molecular formula is C13H21NO. The van der Waals surface area contributed by atoms with Crippen LogP contribution in [0.5, 0.6) is 5.75 Å². The predicted octanol–water partition coefficient (Wildman–Crippen LogP) is 3.55. The molecule has 1 aromatic carbocycles. The lowest BCUT2D eigenvalue weighted by atomic mass is 9.92. The summed E-state index contributed by atoms with van der Waals surface area (Å²) in [7, 11) is 0. The van der Waals surface area contributed by atoms with Gasteiger partial charge in [-0.3, -0.25) is 0 Å². The first-order chi connectivity index (χ1) is 6.88. The fourth-order valence-corrected chi connectivity index (χ4v) is 1.35. The number of hydrogen-bond donors (Lipinski definition) is 2. The van der Waals surface area contributed by atoms with Crippen molar-refractivity contribution in [3.63, 3.8) is 0 Å². The molecule has 84 valence electrons. The zero-order valence-corrected chi connectivity index (χ0v) is 10.1. The minimum atomic E-state index is 0.358. The summed E-state index contributed by atoms with van der Waals surface area (Å²) in [5.74, 6) is 0.358. The number of aryl methyl sites for hydroxylation is 1. The molecular weight excluding hydrogens is 186 g/mol. The molecule has 1 rings (SSSR count). The SMILES string of the molecule is Cc1cc(NCCC(C)(C)C)ccc1O. The van der Waals surface area contributed by atoms with E-state index in [0.717, 1.165) is 24.2 Å². The van der Waals surface area contributed by atoms with Crippen LogP contribution in [0.25, 0.3) is 0 Å². The number of phenolic OH excluding ortho intramolecular Hbond substituents is 1. The number of rotatable bonds is 3. The Morgan fingerprint density at radius 3 is 2.47 bits per heavy atom. The van der Waals surface area contributed by atoms with Crippen LogP contribution < -0.4 is 5.32 Å². The molecule has 0 saturated carbocycles. The van der Waals surface area contributed by atoms with Crippen LogP contribution in [-0.2, 0) is 0 Å². The third kappa shape index (κ3) is 4.24. The van der Waals surface area contributed by atoms with E-state index < -0.39 is 0 Å². The largest absolute Gasteiger partial charge is 0.508 e. The lowest BCUT2D eigenvalue weighted by Crippen LogP contribution is -2.12. The highest BCUT2D eigenvalue weighted by Crippen LogP contribution is 2.22. The van der Waals surface area contributed by atoms with Gasteiger partial charge in [0.05, 0.1) is 0 Å². The zero-order chi connectivity index (χ0) is 11.5. The molecule has 0 fully saturated rings. The first-order valence-corrected chi connectivity index (χ1v) is 5.42. The van der Waals surface area contributed by atoms with Gasteiger partial charge in [-0.15, -0.1) is 0 Å². The van der Waals surface area contributed by atoms with Crippen molar-refractivity contribution in [1.82, 2.24) is 0 Å². The fourth-order valence-electron chi connectivity index (χ4n) is 1.35. The maximum absolute atomic E-state index is 9.37. The van der Waals surface area contributed by atoms with Crippen molar-refractivity contribution in [3.05, 3.63) is 23.8 Å². The van der Waals surface area contributed by atoms with Gasteiger partial charge in [-0.2, -0.15) is 0 Å². The van der Waals surface area contributed by atoms with Gasteiger partial charge in [0.15, 0.2) is 0 Å². The van der Waals surface area contributed by atoms with E-state index in [1.54, 1.807) is 6.07 Å². The van der Waals surface area contributed by atoms with Crippen LogP contribution in [0.4, 0.5) is 5.69 Å². The molecule has 2 nitrogen and oxygen atoms in total. The molecule has 0 unspecified atom stereocenters. The Morgan fingerprint density at radius 1 is 1.27 bits per heavy atom. The Kier molecular flexibility index (Phi) is 3.61. The van der Waals surface area contributed by atoms with E-state index in [2.05, 4.69) is 26.1 Å². The molecule has 15 heavy (non-hydrogen) atoms. The molecule has 0 radical (unpaired) electrons. The van der Waals surface area contributed by atoms with Crippen LogP contribution in [0.1, 0.15) is 32.8 Å². The first-order valence-electron chi connectivity index (χ1n) is 5.42. The van der Waals surface area contributed by atoms with E-state index in [1.807, 2.05) is 19.1 Å². The van der Waals surface area contributed by atoms with E-state index >= 15 is 0 Å². The number of hydrogen-bond acceptors (Lipinski definition) is 2. The number of aromatic hydroxyl groups is 1. The fraction of sp³-hybridized carbons (Fsp3) is 0.538. The number of benzene rings is 1. The average molecular weight is 207 g/mol. The second kappa shape index (κ2) is 4.56. The Hall–Kier alpha value is -1.18. The average Bonchev–Trinajstić information content (AvgIpc) is 2.09. The summed E-state index contributed by atoms with van der Waals surface area (Å²) in [4.78, 5) is 0.